The van der Waals surface area contributed by atoms with E-state index in [0.717, 1.165) is 6.66 Å². The highest BCUT2D eigenvalue weighted by molar-refractivity contribution is 7.51. The largest absolute Gasteiger partial charge is 0.472 e. The van der Waals surface area contributed by atoms with Gasteiger partial charge in [-0.3, -0.25) is 18.1 Å². The standard InChI is InChI=1S/C7H20NO11P3/c1-8-7(5-18-21(11,12)13)6-19-22(14,15)17-4-3-16-20(2,9)10/h7-8H,3-6H2,1-2H3,(H,9,10)(H,14,15)(H2,11,12,13). The summed E-state index contributed by atoms with van der Waals surface area (Å²) in [5, 5.41) is 2.56. The quantitative estimate of drug-likeness (QED) is 0.217. The number of likely N-dealkylation sites (N-methyl/N-ethyl adjacent to an activating group) is 1. The molecule has 0 aliphatic carbocycles. The van der Waals surface area contributed by atoms with E-state index in [-0.39, 0.29) is 0 Å². The SMILES string of the molecule is CNC(COP(=O)(O)O)COP(=O)(O)OCCOP(C)(=O)O. The molecule has 12 nitrogen and oxygen atoms in total. The zero-order valence-electron chi connectivity index (χ0n) is 11.9. The molecule has 3 atom stereocenters. The van der Waals surface area contributed by atoms with Crippen LogP contribution in [0.4, 0.5) is 0 Å². The van der Waals surface area contributed by atoms with Crippen molar-refractivity contribution in [2.45, 2.75) is 6.04 Å². The molecule has 0 aromatic rings. The Bertz CT molecular complexity index is 459. The van der Waals surface area contributed by atoms with E-state index in [1.807, 2.05) is 0 Å². The minimum Gasteiger partial charge on any atom is -0.324 e. The van der Waals surface area contributed by atoms with Crippen LogP contribution in [0, 0.1) is 0 Å². The average Bonchev–Trinajstić information content (AvgIpc) is 2.32. The molecule has 0 spiro atoms. The first-order valence-corrected chi connectivity index (χ1v) is 10.8. The van der Waals surface area contributed by atoms with Gasteiger partial charge in [-0.15, -0.1) is 0 Å². The summed E-state index contributed by atoms with van der Waals surface area (Å²) in [6.45, 7) is -0.810. The topological polar surface area (TPSA) is 181 Å². The summed E-state index contributed by atoms with van der Waals surface area (Å²) in [4.78, 5) is 35.2. The molecule has 0 aromatic carbocycles. The Hall–Kier alpha value is 0.330. The lowest BCUT2D eigenvalue weighted by Gasteiger charge is -2.18. The van der Waals surface area contributed by atoms with Crippen molar-refractivity contribution in [3.63, 3.8) is 0 Å². The number of phosphoric ester groups is 2. The van der Waals surface area contributed by atoms with E-state index < -0.39 is 55.7 Å². The molecule has 3 unspecified atom stereocenters. The van der Waals surface area contributed by atoms with Gasteiger partial charge < -0.3 is 29.4 Å². The summed E-state index contributed by atoms with van der Waals surface area (Å²) in [6, 6.07) is -0.777. The molecular weight excluding hydrogens is 367 g/mol. The summed E-state index contributed by atoms with van der Waals surface area (Å²) < 4.78 is 50.5. The maximum Gasteiger partial charge on any atom is 0.472 e. The van der Waals surface area contributed by atoms with E-state index in [1.54, 1.807) is 0 Å². The third-order valence-corrected chi connectivity index (χ3v) is 4.09. The molecule has 15 heteroatoms. The Morgan fingerprint density at radius 1 is 0.909 bits per heavy atom. The summed E-state index contributed by atoms with van der Waals surface area (Å²) >= 11 is 0. The molecule has 0 aromatic heterocycles. The van der Waals surface area contributed by atoms with E-state index in [9.17, 15) is 18.6 Å². The van der Waals surface area contributed by atoms with Gasteiger partial charge in [-0.1, -0.05) is 0 Å². The fourth-order valence-corrected chi connectivity index (χ4v) is 2.52. The van der Waals surface area contributed by atoms with Crippen molar-refractivity contribution in [3.05, 3.63) is 0 Å². The van der Waals surface area contributed by atoms with Crippen LogP contribution in [0.3, 0.4) is 0 Å². The molecule has 0 radical (unpaired) electrons. The summed E-state index contributed by atoms with van der Waals surface area (Å²) in [7, 11) is -11.4. The number of phosphoric acid groups is 2. The van der Waals surface area contributed by atoms with Crippen LogP contribution in [0.2, 0.25) is 0 Å². The Balaban J connectivity index is 4.10. The second-order valence-electron chi connectivity index (χ2n) is 4.01. The Morgan fingerprint density at radius 2 is 1.41 bits per heavy atom. The van der Waals surface area contributed by atoms with Gasteiger partial charge in [0.05, 0.1) is 32.5 Å². The van der Waals surface area contributed by atoms with Crippen LogP contribution in [-0.4, -0.2) is 65.8 Å². The summed E-state index contributed by atoms with van der Waals surface area (Å²) in [5.74, 6) is 0. The normalized spacial score (nSPS) is 19.4. The van der Waals surface area contributed by atoms with Crippen LogP contribution >= 0.6 is 23.2 Å². The first kappa shape index (κ1) is 22.3. The van der Waals surface area contributed by atoms with Crippen molar-refractivity contribution in [1.82, 2.24) is 5.32 Å². The summed E-state index contributed by atoms with van der Waals surface area (Å²) in [5.41, 5.74) is 0. The molecule has 0 heterocycles. The average molecular weight is 387 g/mol. The molecule has 5 N–H and O–H groups in total. The third kappa shape index (κ3) is 14.0. The van der Waals surface area contributed by atoms with E-state index in [2.05, 4.69) is 23.4 Å². The van der Waals surface area contributed by atoms with E-state index in [0.29, 0.717) is 0 Å². The molecule has 0 saturated heterocycles. The van der Waals surface area contributed by atoms with Gasteiger partial charge in [-0.05, 0) is 7.05 Å². The van der Waals surface area contributed by atoms with Gasteiger partial charge in [0.25, 0.3) is 0 Å². The van der Waals surface area contributed by atoms with Gasteiger partial charge in [0.1, 0.15) is 0 Å². The van der Waals surface area contributed by atoms with Gasteiger partial charge >= 0.3 is 23.2 Å². The van der Waals surface area contributed by atoms with Crippen molar-refractivity contribution >= 4 is 23.2 Å². The van der Waals surface area contributed by atoms with Crippen LogP contribution in [0.25, 0.3) is 0 Å². The van der Waals surface area contributed by atoms with E-state index in [1.165, 1.54) is 7.05 Å². The Kier molecular flexibility index (Phi) is 9.73. The molecule has 0 aliphatic heterocycles. The van der Waals surface area contributed by atoms with Crippen LogP contribution in [0.1, 0.15) is 0 Å². The molecule has 22 heavy (non-hydrogen) atoms. The lowest BCUT2D eigenvalue weighted by atomic mass is 10.3. The molecule has 134 valence electrons. The molecular formula is C7H20NO11P3. The van der Waals surface area contributed by atoms with E-state index in [4.69, 9.17) is 14.7 Å². The van der Waals surface area contributed by atoms with Gasteiger partial charge in [0.15, 0.2) is 0 Å². The van der Waals surface area contributed by atoms with E-state index >= 15 is 0 Å². The van der Waals surface area contributed by atoms with Crippen molar-refractivity contribution in [3.8, 4) is 0 Å². The van der Waals surface area contributed by atoms with Gasteiger partial charge in [-0.2, -0.15) is 0 Å². The number of hydrogen-bond acceptors (Lipinski definition) is 8. The first-order valence-electron chi connectivity index (χ1n) is 5.79. The van der Waals surface area contributed by atoms with Gasteiger partial charge in [-0.25, -0.2) is 9.13 Å². The second kappa shape index (κ2) is 9.58. The Morgan fingerprint density at radius 3 is 1.86 bits per heavy atom. The zero-order valence-corrected chi connectivity index (χ0v) is 14.6. The van der Waals surface area contributed by atoms with Crippen LogP contribution in [0.15, 0.2) is 0 Å². The van der Waals surface area contributed by atoms with Crippen LogP contribution < -0.4 is 5.32 Å². The fourth-order valence-electron chi connectivity index (χ4n) is 0.983. The Labute approximate surface area is 127 Å². The number of nitrogens with one attached hydrogen (secondary N) is 1. The fraction of sp³-hybridized carbons (Fsp3) is 1.00. The van der Waals surface area contributed by atoms with Crippen molar-refractivity contribution in [1.29, 1.82) is 0 Å². The third-order valence-electron chi connectivity index (χ3n) is 1.96. The maximum atomic E-state index is 11.5. The van der Waals surface area contributed by atoms with Crippen LogP contribution in [-0.2, 0) is 31.8 Å². The highest BCUT2D eigenvalue weighted by Crippen LogP contribution is 2.44. The smallest absolute Gasteiger partial charge is 0.324 e. The highest BCUT2D eigenvalue weighted by atomic mass is 31.2. The monoisotopic (exact) mass is 387 g/mol. The molecule has 0 aliphatic rings. The zero-order chi connectivity index (χ0) is 17.4. The lowest BCUT2D eigenvalue weighted by molar-refractivity contribution is 0.105. The second-order valence-corrected chi connectivity index (χ2v) is 8.56. The van der Waals surface area contributed by atoms with Crippen molar-refractivity contribution in [2.24, 2.45) is 0 Å². The van der Waals surface area contributed by atoms with Crippen molar-refractivity contribution < 1.29 is 51.4 Å². The highest BCUT2D eigenvalue weighted by Gasteiger charge is 2.25. The number of hydrogen-bond donors (Lipinski definition) is 5. The van der Waals surface area contributed by atoms with Gasteiger partial charge in [0, 0.05) is 6.66 Å². The summed E-state index contributed by atoms with van der Waals surface area (Å²) in [6.07, 6.45) is 0. The molecule has 0 saturated carbocycles. The predicted molar refractivity (Wildman–Crippen MR) is 74.3 cm³/mol. The minimum atomic E-state index is -4.66. The molecule has 0 bridgehead atoms. The maximum absolute atomic E-state index is 11.5. The lowest BCUT2D eigenvalue weighted by Crippen LogP contribution is -2.34. The minimum absolute atomic E-state index is 0.394. The molecule has 0 rings (SSSR count). The molecule has 0 fully saturated rings. The number of rotatable bonds is 12. The van der Waals surface area contributed by atoms with Crippen molar-refractivity contribution in [2.75, 3.05) is 40.1 Å². The molecule has 0 amide bonds. The predicted octanol–water partition coefficient (Wildman–Crippen LogP) is -0.351. The van der Waals surface area contributed by atoms with Crippen LogP contribution in [0.5, 0.6) is 0 Å². The van der Waals surface area contributed by atoms with Gasteiger partial charge in [0.2, 0.25) is 0 Å². The first-order chi connectivity index (χ1) is 9.85.